The Kier molecular flexibility index (Phi) is 4.56. The summed E-state index contributed by atoms with van der Waals surface area (Å²) in [6.45, 7) is 1.64. The van der Waals surface area contributed by atoms with Crippen LogP contribution in [0.2, 0.25) is 0 Å². The van der Waals surface area contributed by atoms with Crippen LogP contribution in [-0.4, -0.2) is 55.7 Å². The number of primary amides is 2. The number of hydrogen-bond donors (Lipinski definition) is 6. The number of rotatable bonds is 2. The van der Waals surface area contributed by atoms with Gasteiger partial charge in [-0.3, -0.25) is 14.4 Å². The minimum atomic E-state index is -2.90. The lowest BCUT2D eigenvalue weighted by Crippen LogP contribution is -2.64. The number of ether oxygens (including phenoxy) is 1. The van der Waals surface area contributed by atoms with Crippen molar-refractivity contribution in [1.82, 2.24) is 0 Å². The van der Waals surface area contributed by atoms with Gasteiger partial charge in [0.15, 0.2) is 11.4 Å². The molecule has 1 aromatic rings. The summed E-state index contributed by atoms with van der Waals surface area (Å²) in [6, 6.07) is 4.40. The van der Waals surface area contributed by atoms with Gasteiger partial charge in [-0.15, -0.1) is 0 Å². The Morgan fingerprint density at radius 3 is 2.41 bits per heavy atom. The van der Waals surface area contributed by atoms with E-state index in [1.165, 1.54) is 12.1 Å². The SMILES string of the molecule is C[C@H]1c2cccc(O)c2C(O)=C2C(=O)[C@]3(O)C(O)=C(C(N)=O)C(=O)C[C@@H]3[C@@H](OC(N)=O)[C@@H]21. The molecule has 0 aromatic heterocycles. The first-order chi connectivity index (χ1) is 14.9. The van der Waals surface area contributed by atoms with Gasteiger partial charge in [-0.1, -0.05) is 19.1 Å². The second-order valence-corrected chi connectivity index (χ2v) is 8.14. The third-order valence-corrected chi connectivity index (χ3v) is 6.59. The van der Waals surface area contributed by atoms with E-state index in [1.807, 2.05) is 0 Å². The molecule has 0 heterocycles. The van der Waals surface area contributed by atoms with Crippen molar-refractivity contribution in [2.24, 2.45) is 23.3 Å². The number of carbonyl (C=O) groups excluding carboxylic acids is 4. The van der Waals surface area contributed by atoms with Gasteiger partial charge in [0.05, 0.1) is 5.56 Å². The number of aliphatic hydroxyl groups excluding tert-OH is 2. The molecule has 8 N–H and O–H groups in total. The molecule has 3 aliphatic rings. The first kappa shape index (κ1) is 21.4. The summed E-state index contributed by atoms with van der Waals surface area (Å²) in [7, 11) is 0. The van der Waals surface area contributed by atoms with Gasteiger partial charge in [-0.2, -0.15) is 0 Å². The molecule has 0 saturated heterocycles. The van der Waals surface area contributed by atoms with Crippen molar-refractivity contribution < 1.29 is 44.3 Å². The molecule has 0 radical (unpaired) electrons. The third-order valence-electron chi connectivity index (χ3n) is 6.59. The largest absolute Gasteiger partial charge is 0.508 e. The molecule has 32 heavy (non-hydrogen) atoms. The summed E-state index contributed by atoms with van der Waals surface area (Å²) < 4.78 is 5.22. The van der Waals surface area contributed by atoms with Crippen LogP contribution >= 0.6 is 0 Å². The number of Topliss-reactive ketones (excluding diaryl/α,β-unsaturated/α-hetero) is 2. The summed E-state index contributed by atoms with van der Waals surface area (Å²) >= 11 is 0. The molecule has 3 aliphatic carbocycles. The zero-order chi connectivity index (χ0) is 23.7. The number of ketones is 2. The van der Waals surface area contributed by atoms with E-state index in [9.17, 15) is 39.6 Å². The normalized spacial score (nSPS) is 31.6. The number of nitrogens with two attached hydrogens (primary N) is 2. The topological polar surface area (TPSA) is 210 Å². The highest BCUT2D eigenvalue weighted by Gasteiger charge is 2.66. The van der Waals surface area contributed by atoms with E-state index in [0.29, 0.717) is 5.56 Å². The molecule has 11 heteroatoms. The number of amides is 2. The highest BCUT2D eigenvalue weighted by atomic mass is 16.6. The molecule has 2 amide bonds. The highest BCUT2D eigenvalue weighted by Crippen LogP contribution is 2.56. The van der Waals surface area contributed by atoms with E-state index in [2.05, 4.69) is 0 Å². The van der Waals surface area contributed by atoms with Gasteiger partial charge in [0.1, 0.15) is 28.9 Å². The molecule has 4 rings (SSSR count). The van der Waals surface area contributed by atoms with Crippen LogP contribution in [0, 0.1) is 11.8 Å². The quantitative estimate of drug-likeness (QED) is 0.340. The number of phenolic OH excluding ortho intramolecular Hbond substituents is 1. The van der Waals surface area contributed by atoms with E-state index in [-0.39, 0.29) is 11.3 Å². The first-order valence-corrected chi connectivity index (χ1v) is 9.68. The predicted octanol–water partition coefficient (Wildman–Crippen LogP) is 0.0587. The number of benzene rings is 1. The molecule has 0 bridgehead atoms. The van der Waals surface area contributed by atoms with Crippen molar-refractivity contribution in [3.8, 4) is 5.75 Å². The average Bonchev–Trinajstić information content (AvgIpc) is 2.70. The fourth-order valence-corrected chi connectivity index (χ4v) is 5.22. The summed E-state index contributed by atoms with van der Waals surface area (Å²) in [5, 5.41) is 43.2. The fraction of sp³-hybridized carbons (Fsp3) is 0.333. The first-order valence-electron chi connectivity index (χ1n) is 9.68. The maximum absolute atomic E-state index is 13.5. The molecule has 11 nitrogen and oxygen atoms in total. The van der Waals surface area contributed by atoms with E-state index in [0.717, 1.165) is 0 Å². The monoisotopic (exact) mass is 444 g/mol. The minimum absolute atomic E-state index is 0.0649. The molecule has 0 aliphatic heterocycles. The number of phenols is 1. The van der Waals surface area contributed by atoms with Crippen molar-refractivity contribution in [3.63, 3.8) is 0 Å². The zero-order valence-electron chi connectivity index (χ0n) is 16.7. The molecular formula is C21H20N2O9. The van der Waals surface area contributed by atoms with Gasteiger partial charge in [0.25, 0.3) is 5.91 Å². The second kappa shape index (κ2) is 6.82. The van der Waals surface area contributed by atoms with E-state index >= 15 is 0 Å². The lowest BCUT2D eigenvalue weighted by Gasteiger charge is -2.51. The van der Waals surface area contributed by atoms with Crippen molar-refractivity contribution in [2.75, 3.05) is 0 Å². The molecule has 0 spiro atoms. The van der Waals surface area contributed by atoms with Crippen LogP contribution < -0.4 is 11.5 Å². The third kappa shape index (κ3) is 2.57. The number of hydrogen-bond acceptors (Lipinski definition) is 9. The summed E-state index contributed by atoms with van der Waals surface area (Å²) in [6.07, 6.45) is -3.39. The highest BCUT2D eigenvalue weighted by molar-refractivity contribution is 6.23. The number of aromatic hydroxyl groups is 1. The smallest absolute Gasteiger partial charge is 0.404 e. The van der Waals surface area contributed by atoms with Crippen LogP contribution in [0.5, 0.6) is 5.75 Å². The van der Waals surface area contributed by atoms with Gasteiger partial charge in [-0.05, 0) is 17.5 Å². The summed E-state index contributed by atoms with van der Waals surface area (Å²) in [4.78, 5) is 49.5. The van der Waals surface area contributed by atoms with Crippen LogP contribution in [0.3, 0.4) is 0 Å². The molecule has 168 valence electrons. The number of aliphatic hydroxyl groups is 3. The maximum atomic E-state index is 13.5. The van der Waals surface area contributed by atoms with E-state index < -0.39 is 82.1 Å². The van der Waals surface area contributed by atoms with Gasteiger partial charge < -0.3 is 36.6 Å². The summed E-state index contributed by atoms with van der Waals surface area (Å²) in [5.74, 6) is -9.09. The van der Waals surface area contributed by atoms with Crippen LogP contribution in [-0.2, 0) is 19.1 Å². The minimum Gasteiger partial charge on any atom is -0.508 e. The Balaban J connectivity index is 2.06. The Bertz CT molecular complexity index is 1170. The van der Waals surface area contributed by atoms with Crippen molar-refractivity contribution in [2.45, 2.75) is 31.0 Å². The molecule has 1 fully saturated rings. The van der Waals surface area contributed by atoms with Crippen molar-refractivity contribution in [3.05, 3.63) is 46.2 Å². The van der Waals surface area contributed by atoms with Crippen molar-refractivity contribution in [1.29, 1.82) is 0 Å². The zero-order valence-corrected chi connectivity index (χ0v) is 16.7. The number of carbonyl (C=O) groups is 4. The predicted molar refractivity (Wildman–Crippen MR) is 106 cm³/mol. The fourth-order valence-electron chi connectivity index (χ4n) is 5.22. The van der Waals surface area contributed by atoms with Crippen LogP contribution in [0.15, 0.2) is 35.1 Å². The Labute approximate surface area is 180 Å². The second-order valence-electron chi connectivity index (χ2n) is 8.14. The van der Waals surface area contributed by atoms with Gasteiger partial charge in [0.2, 0.25) is 5.78 Å². The Hall–Kier alpha value is -3.86. The molecule has 5 atom stereocenters. The Morgan fingerprint density at radius 2 is 1.81 bits per heavy atom. The van der Waals surface area contributed by atoms with Gasteiger partial charge in [0, 0.05) is 23.8 Å². The maximum Gasteiger partial charge on any atom is 0.404 e. The molecule has 1 aromatic carbocycles. The molecule has 1 saturated carbocycles. The molecular weight excluding hydrogens is 424 g/mol. The van der Waals surface area contributed by atoms with Crippen LogP contribution in [0.25, 0.3) is 5.76 Å². The van der Waals surface area contributed by atoms with Crippen LogP contribution in [0.4, 0.5) is 4.79 Å². The lowest BCUT2D eigenvalue weighted by atomic mass is 9.55. The standard InChI is InChI=1S/C21H20N2O9/c1-6-7-3-2-4-9(24)12(7)15(26)14-11(6)16(32-20(23)30)8-5-10(25)13(19(22)29)17(27)21(8,31)18(14)28/h2-4,6,8,11,16,24,26-27,31H,5H2,1H3,(H2,22,29)(H2,23,30)/t6-,8+,11+,16+,21+/m0/s1. The molecule has 0 unspecified atom stereocenters. The lowest BCUT2D eigenvalue weighted by molar-refractivity contribution is -0.160. The summed E-state index contributed by atoms with van der Waals surface area (Å²) in [5.41, 5.74) is 6.42. The van der Waals surface area contributed by atoms with Gasteiger partial charge in [-0.25, -0.2) is 4.79 Å². The van der Waals surface area contributed by atoms with Gasteiger partial charge >= 0.3 is 6.09 Å². The van der Waals surface area contributed by atoms with Crippen molar-refractivity contribution >= 4 is 29.3 Å². The van der Waals surface area contributed by atoms with Crippen LogP contribution in [0.1, 0.15) is 30.4 Å². The van der Waals surface area contributed by atoms with E-state index in [4.69, 9.17) is 16.2 Å². The average molecular weight is 444 g/mol. The Morgan fingerprint density at radius 1 is 1.16 bits per heavy atom. The van der Waals surface area contributed by atoms with E-state index in [1.54, 1.807) is 13.0 Å². The number of fused-ring (bicyclic) bond motifs is 3.